The number of nitrogens with zero attached hydrogens (tertiary/aromatic N) is 3. The zero-order valence-corrected chi connectivity index (χ0v) is 11.0. The van der Waals surface area contributed by atoms with Gasteiger partial charge < -0.3 is 5.32 Å². The van der Waals surface area contributed by atoms with Crippen LogP contribution in [0.1, 0.15) is 25.5 Å². The number of nitrogens with one attached hydrogen (secondary N) is 1. The van der Waals surface area contributed by atoms with Crippen LogP contribution < -0.4 is 5.32 Å². The summed E-state index contributed by atoms with van der Waals surface area (Å²) in [6.45, 7) is 5.78. The molecule has 1 aromatic heterocycles. The first-order chi connectivity index (χ1) is 8.40. The molecule has 0 saturated heterocycles. The number of anilines is 1. The van der Waals surface area contributed by atoms with Crippen LogP contribution in [-0.4, -0.2) is 14.8 Å². The maximum atomic E-state index is 13.4. The van der Waals surface area contributed by atoms with E-state index in [4.69, 9.17) is 11.6 Å². The van der Waals surface area contributed by atoms with Crippen LogP contribution in [0.2, 0.25) is 5.02 Å². The minimum atomic E-state index is -0.425. The highest BCUT2D eigenvalue weighted by Crippen LogP contribution is 2.40. The summed E-state index contributed by atoms with van der Waals surface area (Å²) in [6.07, 6.45) is 0. The number of benzene rings is 1. The van der Waals surface area contributed by atoms with Crippen molar-refractivity contribution in [2.75, 3.05) is 5.32 Å². The highest BCUT2D eigenvalue weighted by Gasteiger charge is 2.35. The van der Waals surface area contributed by atoms with Crippen molar-refractivity contribution in [3.05, 3.63) is 34.6 Å². The zero-order valence-electron chi connectivity index (χ0n) is 10.3. The Labute approximate surface area is 109 Å². The van der Waals surface area contributed by atoms with Gasteiger partial charge in [0.15, 0.2) is 5.82 Å². The monoisotopic (exact) mass is 266 g/mol. The highest BCUT2D eigenvalue weighted by atomic mass is 35.5. The summed E-state index contributed by atoms with van der Waals surface area (Å²) in [5, 5.41) is 11.8. The minimum absolute atomic E-state index is 0.345. The average Bonchev–Trinajstić information content (AvgIpc) is 2.59. The fraction of sp³-hybridized carbons (Fsp3) is 0.333. The van der Waals surface area contributed by atoms with Gasteiger partial charge in [-0.2, -0.15) is 0 Å². The number of aromatic nitrogens is 3. The summed E-state index contributed by atoms with van der Waals surface area (Å²) in [4.78, 5) is 0. The van der Waals surface area contributed by atoms with Crippen molar-refractivity contribution in [2.45, 2.75) is 26.3 Å². The van der Waals surface area contributed by atoms with Crippen LogP contribution in [0.15, 0.2) is 12.1 Å². The molecule has 0 spiro atoms. The van der Waals surface area contributed by atoms with E-state index in [0.29, 0.717) is 16.4 Å². The second-order valence-electron chi connectivity index (χ2n) is 4.94. The van der Waals surface area contributed by atoms with E-state index in [2.05, 4.69) is 15.5 Å². The van der Waals surface area contributed by atoms with E-state index in [1.54, 1.807) is 0 Å². The third kappa shape index (κ3) is 1.43. The molecule has 0 amide bonds. The van der Waals surface area contributed by atoms with Gasteiger partial charge in [-0.3, -0.25) is 4.57 Å². The second kappa shape index (κ2) is 3.45. The number of halogens is 2. The van der Waals surface area contributed by atoms with Crippen molar-refractivity contribution in [1.29, 1.82) is 0 Å². The third-order valence-electron chi connectivity index (χ3n) is 3.08. The van der Waals surface area contributed by atoms with Crippen molar-refractivity contribution >= 4 is 17.3 Å². The number of hydrogen-bond donors (Lipinski definition) is 1. The van der Waals surface area contributed by atoms with Crippen molar-refractivity contribution in [3.63, 3.8) is 0 Å². The Balaban J connectivity index is 2.39. The van der Waals surface area contributed by atoms with Crippen LogP contribution in [0, 0.1) is 12.7 Å². The molecule has 4 nitrogen and oxygen atoms in total. The molecule has 0 radical (unpaired) electrons. The van der Waals surface area contributed by atoms with E-state index in [0.717, 1.165) is 11.6 Å². The SMILES string of the molecule is Cc1nnc2n1-c1c(Cl)cc(F)cc1NC2(C)C. The molecule has 1 aromatic carbocycles. The van der Waals surface area contributed by atoms with E-state index in [9.17, 15) is 4.39 Å². The van der Waals surface area contributed by atoms with Gasteiger partial charge in [0.1, 0.15) is 11.6 Å². The molecule has 0 atom stereocenters. The molecule has 0 saturated carbocycles. The summed E-state index contributed by atoms with van der Waals surface area (Å²) >= 11 is 6.14. The second-order valence-corrected chi connectivity index (χ2v) is 5.35. The van der Waals surface area contributed by atoms with Gasteiger partial charge in [-0.15, -0.1) is 10.2 Å². The summed E-state index contributed by atoms with van der Waals surface area (Å²) in [5.41, 5.74) is 0.932. The Morgan fingerprint density at radius 3 is 2.78 bits per heavy atom. The number of fused-ring (bicyclic) bond motifs is 3. The first kappa shape index (κ1) is 11.5. The van der Waals surface area contributed by atoms with Gasteiger partial charge in [0, 0.05) is 0 Å². The Morgan fingerprint density at radius 2 is 2.06 bits per heavy atom. The number of hydrogen-bond acceptors (Lipinski definition) is 3. The predicted molar refractivity (Wildman–Crippen MR) is 67.7 cm³/mol. The number of aryl methyl sites for hydroxylation is 1. The lowest BCUT2D eigenvalue weighted by atomic mass is 10.00. The van der Waals surface area contributed by atoms with E-state index in [-0.39, 0.29) is 5.82 Å². The molecule has 1 N–H and O–H groups in total. The van der Waals surface area contributed by atoms with Crippen molar-refractivity contribution in [1.82, 2.24) is 14.8 Å². The lowest BCUT2D eigenvalue weighted by Crippen LogP contribution is -2.36. The van der Waals surface area contributed by atoms with Crippen molar-refractivity contribution in [3.8, 4) is 5.69 Å². The van der Waals surface area contributed by atoms with Gasteiger partial charge in [-0.05, 0) is 32.9 Å². The van der Waals surface area contributed by atoms with Gasteiger partial charge >= 0.3 is 0 Å². The Bertz CT molecular complexity index is 648. The van der Waals surface area contributed by atoms with Crippen LogP contribution in [0.5, 0.6) is 0 Å². The zero-order chi connectivity index (χ0) is 13.1. The predicted octanol–water partition coefficient (Wildman–Crippen LogP) is 3.03. The Morgan fingerprint density at radius 1 is 1.33 bits per heavy atom. The maximum absolute atomic E-state index is 13.4. The first-order valence-electron chi connectivity index (χ1n) is 5.60. The average molecular weight is 267 g/mol. The summed E-state index contributed by atoms with van der Waals surface area (Å²) < 4.78 is 15.3. The first-order valence-corrected chi connectivity index (χ1v) is 5.98. The lowest BCUT2D eigenvalue weighted by molar-refractivity contribution is 0.533. The van der Waals surface area contributed by atoms with Crippen LogP contribution >= 0.6 is 11.6 Å². The third-order valence-corrected chi connectivity index (χ3v) is 3.37. The summed E-state index contributed by atoms with van der Waals surface area (Å²) in [7, 11) is 0. The molecule has 1 aliphatic rings. The van der Waals surface area contributed by atoms with E-state index >= 15 is 0 Å². The van der Waals surface area contributed by atoms with Crippen molar-refractivity contribution < 1.29 is 4.39 Å². The lowest BCUT2D eigenvalue weighted by Gasteiger charge is -2.34. The smallest absolute Gasteiger partial charge is 0.162 e. The van der Waals surface area contributed by atoms with E-state index in [1.165, 1.54) is 12.1 Å². The topological polar surface area (TPSA) is 42.7 Å². The molecule has 6 heteroatoms. The highest BCUT2D eigenvalue weighted by molar-refractivity contribution is 6.33. The molecule has 2 heterocycles. The molecular formula is C12H12ClFN4. The van der Waals surface area contributed by atoms with Crippen LogP contribution in [-0.2, 0) is 5.54 Å². The standard InChI is InChI=1S/C12H12ClFN4/c1-6-16-17-11-12(2,3)15-9-5-7(14)4-8(13)10(9)18(6)11/h4-5,15H,1-3H3. The van der Waals surface area contributed by atoms with E-state index in [1.807, 2.05) is 25.3 Å². The summed E-state index contributed by atoms with van der Waals surface area (Å²) in [5.74, 6) is 1.13. The summed E-state index contributed by atoms with van der Waals surface area (Å²) in [6, 6.07) is 2.73. The number of rotatable bonds is 0. The normalized spacial score (nSPS) is 15.8. The van der Waals surface area contributed by atoms with Gasteiger partial charge in [-0.25, -0.2) is 4.39 Å². The molecule has 1 aliphatic heterocycles. The fourth-order valence-corrected chi connectivity index (χ4v) is 2.61. The largest absolute Gasteiger partial charge is 0.371 e. The van der Waals surface area contributed by atoms with Crippen LogP contribution in [0.3, 0.4) is 0 Å². The van der Waals surface area contributed by atoms with Gasteiger partial charge in [0.25, 0.3) is 0 Å². The van der Waals surface area contributed by atoms with E-state index < -0.39 is 5.54 Å². The maximum Gasteiger partial charge on any atom is 0.162 e. The molecule has 0 fully saturated rings. The molecule has 2 aromatic rings. The molecular weight excluding hydrogens is 255 g/mol. The quantitative estimate of drug-likeness (QED) is 0.797. The molecule has 0 bridgehead atoms. The molecule has 18 heavy (non-hydrogen) atoms. The van der Waals surface area contributed by atoms with Crippen molar-refractivity contribution in [2.24, 2.45) is 0 Å². The molecule has 3 rings (SSSR count). The fourth-order valence-electron chi connectivity index (χ4n) is 2.32. The Hall–Kier alpha value is -1.62. The van der Waals surface area contributed by atoms with Crippen LogP contribution in [0.4, 0.5) is 10.1 Å². The molecule has 0 unspecified atom stereocenters. The Kier molecular flexibility index (Phi) is 2.20. The minimum Gasteiger partial charge on any atom is -0.371 e. The molecule has 0 aliphatic carbocycles. The van der Waals surface area contributed by atoms with Gasteiger partial charge in [-0.1, -0.05) is 11.6 Å². The van der Waals surface area contributed by atoms with Crippen LogP contribution in [0.25, 0.3) is 5.69 Å². The van der Waals surface area contributed by atoms with Gasteiger partial charge in [0.2, 0.25) is 0 Å². The van der Waals surface area contributed by atoms with Gasteiger partial charge in [0.05, 0.1) is 21.9 Å². The molecule has 94 valence electrons.